The first kappa shape index (κ1) is 11.7. The molecule has 0 rings (SSSR count). The third kappa shape index (κ3) is 3.38. The Hall–Kier alpha value is -0.326. The van der Waals surface area contributed by atoms with Gasteiger partial charge in [0.1, 0.15) is 0 Å². The van der Waals surface area contributed by atoms with Crippen molar-refractivity contribution in [3.8, 4) is 0 Å². The van der Waals surface area contributed by atoms with Crippen LogP contribution in [0, 0.1) is 0 Å². The number of rotatable bonds is 6. The van der Waals surface area contributed by atoms with Crippen molar-refractivity contribution in [2.45, 2.75) is 0 Å². The molecular weight excluding hydrogens is 204 g/mol. The van der Waals surface area contributed by atoms with E-state index < -0.39 is 18.2 Å². The molecule has 0 bridgehead atoms. The van der Waals surface area contributed by atoms with Crippen LogP contribution in [-0.4, -0.2) is 44.3 Å². The SMILES string of the molecule is CO[Si](OC)(OC)OO[Si](=O)O. The molecule has 0 aliphatic carbocycles. The Kier molecular flexibility index (Phi) is 5.20. The van der Waals surface area contributed by atoms with Gasteiger partial charge in [0.2, 0.25) is 0 Å². The summed E-state index contributed by atoms with van der Waals surface area (Å²) in [6.45, 7) is 0. The van der Waals surface area contributed by atoms with Crippen molar-refractivity contribution < 1.29 is 31.7 Å². The Morgan fingerprint density at radius 1 is 1.17 bits per heavy atom. The fraction of sp³-hybridized carbons (Fsp3) is 1.00. The smallest absolute Gasteiger partial charge is 0.510 e. The van der Waals surface area contributed by atoms with E-state index in [-0.39, 0.29) is 0 Å². The van der Waals surface area contributed by atoms with Crippen molar-refractivity contribution in [2.75, 3.05) is 21.3 Å². The molecule has 9 heteroatoms. The molecular formula is C3H10O7Si2. The molecule has 0 saturated heterocycles. The number of hydrogen-bond donors (Lipinski definition) is 1. The van der Waals surface area contributed by atoms with Crippen LogP contribution < -0.4 is 0 Å². The summed E-state index contributed by atoms with van der Waals surface area (Å²) in [5.41, 5.74) is 0. The van der Waals surface area contributed by atoms with Crippen LogP contribution in [0.3, 0.4) is 0 Å². The van der Waals surface area contributed by atoms with Gasteiger partial charge >= 0.3 is 18.2 Å². The lowest BCUT2D eigenvalue weighted by atomic mass is 11.8. The van der Waals surface area contributed by atoms with Gasteiger partial charge in [0.05, 0.1) is 0 Å². The molecule has 0 spiro atoms. The predicted octanol–water partition coefficient (Wildman–Crippen LogP) is -1.28. The van der Waals surface area contributed by atoms with Gasteiger partial charge in [0.15, 0.2) is 0 Å². The molecule has 0 heterocycles. The summed E-state index contributed by atoms with van der Waals surface area (Å²) in [6, 6.07) is 0. The van der Waals surface area contributed by atoms with Gasteiger partial charge < -0.3 is 22.7 Å². The lowest BCUT2D eigenvalue weighted by molar-refractivity contribution is -0.207. The Morgan fingerprint density at radius 2 is 1.58 bits per heavy atom. The van der Waals surface area contributed by atoms with Crippen LogP contribution in [0.25, 0.3) is 0 Å². The van der Waals surface area contributed by atoms with Crippen molar-refractivity contribution in [3.63, 3.8) is 0 Å². The first-order chi connectivity index (χ1) is 5.60. The molecule has 0 aliphatic heterocycles. The fourth-order valence-corrected chi connectivity index (χ4v) is 1.84. The molecule has 0 atom stereocenters. The van der Waals surface area contributed by atoms with E-state index in [0.29, 0.717) is 0 Å². The highest BCUT2D eigenvalue weighted by atomic mass is 28.4. The lowest BCUT2D eigenvalue weighted by Crippen LogP contribution is -2.47. The maximum absolute atomic E-state index is 10.1. The van der Waals surface area contributed by atoms with Gasteiger partial charge in [-0.2, -0.15) is 4.58 Å². The highest BCUT2D eigenvalue weighted by molar-refractivity contribution is 6.53. The van der Waals surface area contributed by atoms with Gasteiger partial charge in [-0.05, 0) is 0 Å². The van der Waals surface area contributed by atoms with Crippen molar-refractivity contribution in [2.24, 2.45) is 0 Å². The molecule has 0 aliphatic rings. The largest absolute Gasteiger partial charge is 0.797 e. The Morgan fingerprint density at radius 3 is 1.83 bits per heavy atom. The molecule has 0 aromatic heterocycles. The van der Waals surface area contributed by atoms with E-state index in [1.54, 1.807) is 0 Å². The predicted molar refractivity (Wildman–Crippen MR) is 37.6 cm³/mol. The van der Waals surface area contributed by atoms with Crippen LogP contribution in [0.5, 0.6) is 0 Å². The van der Waals surface area contributed by atoms with E-state index in [9.17, 15) is 4.46 Å². The second-order valence-electron chi connectivity index (χ2n) is 1.54. The van der Waals surface area contributed by atoms with Gasteiger partial charge in [0, 0.05) is 21.3 Å². The minimum absolute atomic E-state index is 1.27. The molecule has 1 N–H and O–H groups in total. The average molecular weight is 214 g/mol. The third-order valence-electron chi connectivity index (χ3n) is 0.965. The zero-order chi connectivity index (χ0) is 9.61. The van der Waals surface area contributed by atoms with E-state index in [0.717, 1.165) is 0 Å². The number of hydrogen-bond acceptors (Lipinski definition) is 6. The van der Waals surface area contributed by atoms with Gasteiger partial charge in [-0.1, -0.05) is 0 Å². The van der Waals surface area contributed by atoms with E-state index in [2.05, 4.69) is 9.15 Å². The summed E-state index contributed by atoms with van der Waals surface area (Å²) in [5.74, 6) is 0. The first-order valence-electron chi connectivity index (χ1n) is 2.84. The Labute approximate surface area is 72.1 Å². The van der Waals surface area contributed by atoms with E-state index in [1.807, 2.05) is 0 Å². The van der Waals surface area contributed by atoms with E-state index >= 15 is 0 Å². The highest BCUT2D eigenvalue weighted by Gasteiger charge is 2.46. The second-order valence-corrected chi connectivity index (χ2v) is 4.63. The average Bonchev–Trinajstić information content (AvgIpc) is 2.08. The quantitative estimate of drug-likeness (QED) is 0.335. The summed E-state index contributed by atoms with van der Waals surface area (Å²) in [5, 5.41) is 0. The van der Waals surface area contributed by atoms with Crippen LogP contribution in [-0.2, 0) is 26.9 Å². The van der Waals surface area contributed by atoms with Gasteiger partial charge in [-0.3, -0.25) is 4.46 Å². The van der Waals surface area contributed by atoms with Gasteiger partial charge in [-0.25, -0.2) is 0 Å². The molecule has 12 heavy (non-hydrogen) atoms. The Bertz CT molecular complexity index is 137. The molecule has 0 fully saturated rings. The van der Waals surface area contributed by atoms with Crippen LogP contribution >= 0.6 is 0 Å². The summed E-state index contributed by atoms with van der Waals surface area (Å²) in [7, 11) is -2.69. The molecule has 0 saturated carbocycles. The molecule has 0 aromatic carbocycles. The molecule has 0 aromatic rings. The topological polar surface area (TPSA) is 83.5 Å². The van der Waals surface area contributed by atoms with Crippen LogP contribution in [0.2, 0.25) is 0 Å². The summed E-state index contributed by atoms with van der Waals surface area (Å²) >= 11 is 0. The van der Waals surface area contributed by atoms with Gasteiger partial charge in [0.25, 0.3) is 0 Å². The van der Waals surface area contributed by atoms with Crippen molar-refractivity contribution in [1.82, 2.24) is 0 Å². The highest BCUT2D eigenvalue weighted by Crippen LogP contribution is 2.07. The van der Waals surface area contributed by atoms with Crippen molar-refractivity contribution in [1.29, 1.82) is 0 Å². The minimum Gasteiger partial charge on any atom is -0.510 e. The summed E-state index contributed by atoms with van der Waals surface area (Å²) < 4.78 is 32.6. The molecule has 0 amide bonds. The summed E-state index contributed by atoms with van der Waals surface area (Å²) in [6.07, 6.45) is 0. The first-order valence-corrected chi connectivity index (χ1v) is 5.74. The maximum atomic E-state index is 10.1. The molecule has 7 nitrogen and oxygen atoms in total. The zero-order valence-corrected chi connectivity index (χ0v) is 8.90. The third-order valence-corrected chi connectivity index (χ3v) is 3.15. The Balaban J connectivity index is 4.01. The minimum atomic E-state index is -3.34. The van der Waals surface area contributed by atoms with Crippen LogP contribution in [0.15, 0.2) is 0 Å². The maximum Gasteiger partial charge on any atom is 0.797 e. The van der Waals surface area contributed by atoms with E-state index in [4.69, 9.17) is 18.1 Å². The molecule has 72 valence electrons. The van der Waals surface area contributed by atoms with E-state index in [1.165, 1.54) is 21.3 Å². The lowest BCUT2D eigenvalue weighted by Gasteiger charge is -2.19. The van der Waals surface area contributed by atoms with Crippen molar-refractivity contribution in [3.05, 3.63) is 0 Å². The van der Waals surface area contributed by atoms with Crippen LogP contribution in [0.4, 0.5) is 0 Å². The standard InChI is InChI=1S/C3H10O7Si2/c1-6-12(7-2,8-3)10-9-11(4)5/h4H,1-3H3. The monoisotopic (exact) mass is 214 g/mol. The second kappa shape index (κ2) is 5.34. The molecule has 0 unspecified atom stereocenters. The summed E-state index contributed by atoms with van der Waals surface area (Å²) in [4.78, 5) is 8.26. The van der Waals surface area contributed by atoms with Gasteiger partial charge in [-0.15, -0.1) is 0 Å². The molecule has 0 radical (unpaired) electrons. The normalized spacial score (nSPS) is 11.2. The zero-order valence-electron chi connectivity index (χ0n) is 6.90. The van der Waals surface area contributed by atoms with Crippen molar-refractivity contribution >= 4 is 18.2 Å². The fourth-order valence-electron chi connectivity index (χ4n) is 0.439. The van der Waals surface area contributed by atoms with Crippen LogP contribution in [0.1, 0.15) is 0 Å².